The van der Waals surface area contributed by atoms with E-state index in [1.807, 2.05) is 78.9 Å². The molecule has 1 aromatic heterocycles. The topological polar surface area (TPSA) is 99.0 Å². The van der Waals surface area contributed by atoms with E-state index in [-0.39, 0.29) is 17.2 Å². The summed E-state index contributed by atoms with van der Waals surface area (Å²) in [5, 5.41) is 24.3. The van der Waals surface area contributed by atoms with Crippen molar-refractivity contribution in [2.45, 2.75) is 23.2 Å². The Morgan fingerprint density at radius 3 is 2.51 bits per heavy atom. The maximum atomic E-state index is 12.3. The fraction of sp³-hybridized carbons (Fsp3) is 0.148. The zero-order valence-corrected chi connectivity index (χ0v) is 20.4. The van der Waals surface area contributed by atoms with Crippen LogP contribution in [0.4, 0.5) is 0 Å². The van der Waals surface area contributed by atoms with Crippen molar-refractivity contribution in [2.24, 2.45) is 4.40 Å². The number of aliphatic hydroxyl groups is 1. The van der Waals surface area contributed by atoms with Gasteiger partial charge in [-0.3, -0.25) is 0 Å². The van der Waals surface area contributed by atoms with Gasteiger partial charge >= 0.3 is 0 Å². The molecule has 1 atom stereocenters. The Kier molecular flexibility index (Phi) is 7.97. The summed E-state index contributed by atoms with van der Waals surface area (Å²) in [6.07, 6.45) is -0.426. The van der Waals surface area contributed by atoms with Gasteiger partial charge in [-0.25, -0.2) is 0 Å². The molecule has 1 heterocycles. The van der Waals surface area contributed by atoms with E-state index in [4.69, 9.17) is 4.74 Å². The van der Waals surface area contributed by atoms with Crippen molar-refractivity contribution in [3.8, 4) is 16.9 Å². The van der Waals surface area contributed by atoms with Gasteiger partial charge in [-0.2, -0.15) is 12.8 Å². The molecule has 8 heteroatoms. The van der Waals surface area contributed by atoms with E-state index >= 15 is 0 Å². The van der Waals surface area contributed by atoms with Crippen molar-refractivity contribution in [3.05, 3.63) is 108 Å². The van der Waals surface area contributed by atoms with Crippen LogP contribution >= 0.6 is 11.3 Å². The lowest BCUT2D eigenvalue weighted by Gasteiger charge is -2.15. The third kappa shape index (κ3) is 6.57. The fourth-order valence-electron chi connectivity index (χ4n) is 3.60. The lowest BCUT2D eigenvalue weighted by Crippen LogP contribution is -2.20. The maximum Gasteiger partial charge on any atom is 0.290 e. The highest BCUT2D eigenvalue weighted by Gasteiger charge is 2.13. The number of aryl methyl sites for hydroxylation is 1. The van der Waals surface area contributed by atoms with Crippen LogP contribution in [0.2, 0.25) is 0 Å². The molecule has 180 valence electrons. The van der Waals surface area contributed by atoms with Gasteiger partial charge in [-0.15, -0.1) is 11.3 Å². The van der Waals surface area contributed by atoms with Crippen LogP contribution in [0, 0.1) is 0 Å². The Morgan fingerprint density at radius 2 is 1.74 bits per heavy atom. The SMILES string of the molecule is O=S(=O)(/N=C(\[O-])CCc1ccccc1-c1cccc(OCC(O)c2ccccc2)c1)c1cccs1. The highest BCUT2D eigenvalue weighted by molar-refractivity contribution is 7.92. The Morgan fingerprint density at radius 1 is 0.971 bits per heavy atom. The number of sulfonamides is 1. The van der Waals surface area contributed by atoms with Gasteiger partial charge in [0.25, 0.3) is 10.0 Å². The standard InChI is InChI=1S/C27H25NO5S2/c29-25(21-9-2-1-3-10-21)19-33-23-12-6-11-22(18-23)24-13-5-4-8-20(24)15-16-26(30)28-35(31,32)27-14-7-17-34-27/h1-14,17-18,25,29H,15-16,19H2,(H,28,30)/p-1. The molecule has 6 nitrogen and oxygen atoms in total. The van der Waals surface area contributed by atoms with Crippen LogP contribution in [0.15, 0.2) is 105 Å². The summed E-state index contributed by atoms with van der Waals surface area (Å²) in [6.45, 7) is 0.115. The first kappa shape index (κ1) is 24.7. The number of nitrogens with zero attached hydrogens (tertiary/aromatic N) is 1. The van der Waals surface area contributed by atoms with Gasteiger partial charge < -0.3 is 14.9 Å². The summed E-state index contributed by atoms with van der Waals surface area (Å²) < 4.78 is 33.8. The highest BCUT2D eigenvalue weighted by atomic mass is 32.2. The maximum absolute atomic E-state index is 12.3. The Labute approximate surface area is 208 Å². The quantitative estimate of drug-likeness (QED) is 0.250. The first-order valence-electron chi connectivity index (χ1n) is 11.0. The summed E-state index contributed by atoms with van der Waals surface area (Å²) in [5.74, 6) is -0.0689. The van der Waals surface area contributed by atoms with Crippen LogP contribution in [0.3, 0.4) is 0 Å². The van der Waals surface area contributed by atoms with Gasteiger partial charge in [0, 0.05) is 0 Å². The molecule has 4 aromatic rings. The fourth-order valence-corrected chi connectivity index (χ4v) is 5.51. The Hall–Kier alpha value is -3.46. The summed E-state index contributed by atoms with van der Waals surface area (Å²) in [7, 11) is -3.97. The van der Waals surface area contributed by atoms with E-state index in [0.29, 0.717) is 12.2 Å². The second-order valence-corrected chi connectivity index (χ2v) is 10.6. The van der Waals surface area contributed by atoms with Gasteiger partial charge in [0.05, 0.1) is 0 Å². The average Bonchev–Trinajstić information content (AvgIpc) is 3.43. The van der Waals surface area contributed by atoms with E-state index < -0.39 is 22.0 Å². The molecule has 0 aliphatic heterocycles. The molecule has 0 aliphatic rings. The largest absolute Gasteiger partial charge is 0.861 e. The molecular formula is C27H24NO5S2-. The van der Waals surface area contributed by atoms with Crippen LogP contribution in [0.5, 0.6) is 5.75 Å². The molecule has 0 saturated heterocycles. The number of thiophene rings is 1. The van der Waals surface area contributed by atoms with E-state index in [0.717, 1.165) is 33.6 Å². The van der Waals surface area contributed by atoms with Crippen LogP contribution < -0.4 is 9.84 Å². The second kappa shape index (κ2) is 11.3. The van der Waals surface area contributed by atoms with E-state index in [9.17, 15) is 18.6 Å². The third-order valence-electron chi connectivity index (χ3n) is 5.33. The smallest absolute Gasteiger partial charge is 0.290 e. The van der Waals surface area contributed by atoms with Crippen LogP contribution in [0.25, 0.3) is 11.1 Å². The molecule has 1 N–H and O–H groups in total. The molecule has 3 aromatic carbocycles. The van der Waals surface area contributed by atoms with Crippen LogP contribution in [-0.2, 0) is 16.4 Å². The Balaban J connectivity index is 1.45. The van der Waals surface area contributed by atoms with Gasteiger partial charge in [-0.05, 0) is 64.6 Å². The summed E-state index contributed by atoms with van der Waals surface area (Å²) in [6, 6.07) is 27.5. The normalized spacial score (nSPS) is 12.9. The molecule has 0 fully saturated rings. The van der Waals surface area contributed by atoms with Crippen molar-refractivity contribution in [1.29, 1.82) is 0 Å². The van der Waals surface area contributed by atoms with Gasteiger partial charge in [0.15, 0.2) is 0 Å². The number of rotatable bonds is 10. The summed E-state index contributed by atoms with van der Waals surface area (Å²) >= 11 is 1.03. The van der Waals surface area contributed by atoms with Crippen molar-refractivity contribution < 1.29 is 23.4 Å². The van der Waals surface area contributed by atoms with Gasteiger partial charge in [0.2, 0.25) is 0 Å². The predicted octanol–water partition coefficient (Wildman–Crippen LogP) is 4.61. The zero-order valence-electron chi connectivity index (χ0n) is 18.8. The van der Waals surface area contributed by atoms with E-state index in [1.54, 1.807) is 11.4 Å². The number of ether oxygens (including phenoxy) is 1. The number of aliphatic hydroxyl groups excluding tert-OH is 1. The van der Waals surface area contributed by atoms with Crippen molar-refractivity contribution in [1.82, 2.24) is 0 Å². The van der Waals surface area contributed by atoms with E-state index in [1.165, 1.54) is 6.07 Å². The average molecular weight is 507 g/mol. The van der Waals surface area contributed by atoms with E-state index in [2.05, 4.69) is 4.40 Å². The molecule has 0 bridgehead atoms. The van der Waals surface area contributed by atoms with Crippen molar-refractivity contribution in [2.75, 3.05) is 6.61 Å². The lowest BCUT2D eigenvalue weighted by molar-refractivity contribution is -0.218. The van der Waals surface area contributed by atoms with Gasteiger partial charge in [-0.1, -0.05) is 72.8 Å². The van der Waals surface area contributed by atoms with Gasteiger partial charge in [0.1, 0.15) is 22.7 Å². The predicted molar refractivity (Wildman–Crippen MR) is 136 cm³/mol. The number of hydrogen-bond donors (Lipinski definition) is 1. The summed E-state index contributed by atoms with van der Waals surface area (Å²) in [5.41, 5.74) is 3.48. The monoisotopic (exact) mass is 506 g/mol. The number of hydrogen-bond acceptors (Lipinski definition) is 6. The zero-order chi connectivity index (χ0) is 24.7. The minimum atomic E-state index is -3.97. The second-order valence-electron chi connectivity index (χ2n) is 7.81. The highest BCUT2D eigenvalue weighted by Crippen LogP contribution is 2.28. The molecule has 0 spiro atoms. The Bertz CT molecular complexity index is 1380. The van der Waals surface area contributed by atoms with Crippen molar-refractivity contribution in [3.63, 3.8) is 0 Å². The molecule has 0 saturated carbocycles. The van der Waals surface area contributed by atoms with Crippen LogP contribution in [0.1, 0.15) is 23.7 Å². The molecule has 0 aliphatic carbocycles. The molecular weight excluding hydrogens is 482 g/mol. The first-order chi connectivity index (χ1) is 16.9. The lowest BCUT2D eigenvalue weighted by atomic mass is 9.96. The minimum Gasteiger partial charge on any atom is -0.861 e. The number of benzene rings is 3. The van der Waals surface area contributed by atoms with Crippen LogP contribution in [-0.4, -0.2) is 26.0 Å². The molecule has 4 rings (SSSR count). The molecule has 0 radical (unpaired) electrons. The molecule has 0 amide bonds. The summed E-state index contributed by atoms with van der Waals surface area (Å²) in [4.78, 5) is 0. The minimum absolute atomic E-state index is 0.0267. The molecule has 1 unspecified atom stereocenters. The third-order valence-corrected chi connectivity index (χ3v) is 8.00. The van der Waals surface area contributed by atoms with Crippen molar-refractivity contribution >= 4 is 27.3 Å². The first-order valence-corrected chi connectivity index (χ1v) is 13.3. The molecule has 35 heavy (non-hydrogen) atoms.